The average Bonchev–Trinajstić information content (AvgIpc) is 2.28. The lowest BCUT2D eigenvalue weighted by Crippen LogP contribution is -1.79. The fraction of sp³-hybridized carbons (Fsp3) is 0. The lowest BCUT2D eigenvalue weighted by molar-refractivity contribution is 1.52. The van der Waals surface area contributed by atoms with Crippen LogP contribution in [0.15, 0.2) is 53.5 Å². The van der Waals surface area contributed by atoms with Gasteiger partial charge >= 0.3 is 0 Å². The second-order valence-electron chi connectivity index (χ2n) is 3.29. The highest BCUT2D eigenvalue weighted by molar-refractivity contribution is 6.31. The topological polar surface area (TPSA) is 12.4 Å². The first-order chi connectivity index (χ1) is 7.74. The molecule has 0 amide bonds. The average molecular weight is 250 g/mol. The number of rotatable bonds is 2. The lowest BCUT2D eigenvalue weighted by atomic mass is 10.2. The first kappa shape index (κ1) is 11.2. The number of hydrogen-bond acceptors (Lipinski definition) is 1. The molecule has 0 atom stereocenters. The third kappa shape index (κ3) is 3.09. The van der Waals surface area contributed by atoms with Gasteiger partial charge < -0.3 is 0 Å². The largest absolute Gasteiger partial charge is 0.256 e. The van der Waals surface area contributed by atoms with Crippen LogP contribution in [0.25, 0.3) is 0 Å². The van der Waals surface area contributed by atoms with Crippen LogP contribution in [0.3, 0.4) is 0 Å². The molecule has 16 heavy (non-hydrogen) atoms. The minimum Gasteiger partial charge on any atom is -0.256 e. The molecule has 0 fully saturated rings. The van der Waals surface area contributed by atoms with Crippen LogP contribution < -0.4 is 0 Å². The van der Waals surface area contributed by atoms with Gasteiger partial charge in [0, 0.05) is 16.3 Å². The molecule has 0 saturated carbocycles. The van der Waals surface area contributed by atoms with E-state index < -0.39 is 0 Å². The third-order valence-electron chi connectivity index (χ3n) is 2.04. The van der Waals surface area contributed by atoms with E-state index in [0.29, 0.717) is 10.0 Å². The summed E-state index contributed by atoms with van der Waals surface area (Å²) in [6, 6.07) is 14.9. The molecule has 0 aliphatic carbocycles. The molecule has 0 saturated heterocycles. The van der Waals surface area contributed by atoms with Gasteiger partial charge in [0.05, 0.1) is 5.69 Å². The van der Waals surface area contributed by atoms with E-state index in [1.807, 2.05) is 48.5 Å². The molecule has 80 valence electrons. The molecular formula is C13H9Cl2N. The summed E-state index contributed by atoms with van der Waals surface area (Å²) in [4.78, 5) is 4.32. The van der Waals surface area contributed by atoms with Crippen molar-refractivity contribution in [3.05, 3.63) is 64.1 Å². The molecule has 0 aromatic heterocycles. The smallest absolute Gasteiger partial charge is 0.0630 e. The van der Waals surface area contributed by atoms with Crippen LogP contribution in [0.1, 0.15) is 5.56 Å². The van der Waals surface area contributed by atoms with Gasteiger partial charge in [0.15, 0.2) is 0 Å². The Kier molecular flexibility index (Phi) is 3.60. The molecule has 0 aliphatic heterocycles. The summed E-state index contributed by atoms with van der Waals surface area (Å²) >= 11 is 11.6. The summed E-state index contributed by atoms with van der Waals surface area (Å²) in [6.45, 7) is 0. The summed E-state index contributed by atoms with van der Waals surface area (Å²) in [6.07, 6.45) is 1.77. The van der Waals surface area contributed by atoms with Gasteiger partial charge in [-0.15, -0.1) is 0 Å². The maximum absolute atomic E-state index is 5.87. The van der Waals surface area contributed by atoms with Crippen LogP contribution in [0.5, 0.6) is 0 Å². The number of nitrogens with zero attached hydrogens (tertiary/aromatic N) is 1. The van der Waals surface area contributed by atoms with Gasteiger partial charge in [-0.3, -0.25) is 4.99 Å². The zero-order chi connectivity index (χ0) is 11.4. The van der Waals surface area contributed by atoms with Crippen LogP contribution in [-0.4, -0.2) is 6.21 Å². The molecule has 0 N–H and O–H groups in total. The van der Waals surface area contributed by atoms with Gasteiger partial charge in [-0.05, 0) is 42.0 Å². The van der Waals surface area contributed by atoms with Crippen molar-refractivity contribution in [1.82, 2.24) is 0 Å². The van der Waals surface area contributed by atoms with E-state index in [1.54, 1.807) is 6.21 Å². The van der Waals surface area contributed by atoms with E-state index in [9.17, 15) is 0 Å². The normalized spacial score (nSPS) is 10.9. The summed E-state index contributed by atoms with van der Waals surface area (Å²) < 4.78 is 0. The summed E-state index contributed by atoms with van der Waals surface area (Å²) in [5, 5.41) is 1.42. The molecule has 0 bridgehead atoms. The minimum absolute atomic E-state index is 0.708. The predicted octanol–water partition coefficient (Wildman–Crippen LogP) is 4.74. The van der Waals surface area contributed by atoms with Gasteiger partial charge in [-0.25, -0.2) is 0 Å². The number of aliphatic imine (C=N–C) groups is 1. The van der Waals surface area contributed by atoms with E-state index in [2.05, 4.69) is 4.99 Å². The molecule has 0 aliphatic rings. The Morgan fingerprint density at radius 3 is 2.31 bits per heavy atom. The van der Waals surface area contributed by atoms with Crippen molar-refractivity contribution >= 4 is 35.1 Å². The van der Waals surface area contributed by atoms with E-state index in [4.69, 9.17) is 23.2 Å². The zero-order valence-corrected chi connectivity index (χ0v) is 9.91. The van der Waals surface area contributed by atoms with Crippen molar-refractivity contribution < 1.29 is 0 Å². The molecule has 0 radical (unpaired) electrons. The van der Waals surface area contributed by atoms with E-state index in [1.165, 1.54) is 0 Å². The number of benzene rings is 2. The Morgan fingerprint density at radius 2 is 1.62 bits per heavy atom. The molecule has 0 spiro atoms. The Labute approximate surface area is 104 Å². The van der Waals surface area contributed by atoms with Gasteiger partial charge in [-0.1, -0.05) is 35.3 Å². The molecule has 0 unspecified atom stereocenters. The fourth-order valence-corrected chi connectivity index (χ4v) is 1.59. The standard InChI is InChI=1S/C13H9Cl2N/c14-11-4-6-13(7-5-11)16-9-10-2-1-3-12(15)8-10/h1-9H. The quantitative estimate of drug-likeness (QED) is 0.682. The Morgan fingerprint density at radius 1 is 0.875 bits per heavy atom. The third-order valence-corrected chi connectivity index (χ3v) is 2.53. The van der Waals surface area contributed by atoms with Crippen molar-refractivity contribution in [3.8, 4) is 0 Å². The minimum atomic E-state index is 0.708. The first-order valence-electron chi connectivity index (χ1n) is 4.79. The monoisotopic (exact) mass is 249 g/mol. The van der Waals surface area contributed by atoms with Crippen molar-refractivity contribution in [2.45, 2.75) is 0 Å². The molecule has 2 aromatic rings. The van der Waals surface area contributed by atoms with Crippen molar-refractivity contribution in [2.24, 2.45) is 4.99 Å². The SMILES string of the molecule is Clc1ccc(N=Cc2cccc(Cl)c2)cc1. The number of hydrogen-bond donors (Lipinski definition) is 0. The Hall–Kier alpha value is -1.31. The summed E-state index contributed by atoms with van der Waals surface area (Å²) in [5.74, 6) is 0. The maximum Gasteiger partial charge on any atom is 0.0630 e. The lowest BCUT2D eigenvalue weighted by Gasteiger charge is -1.95. The van der Waals surface area contributed by atoms with Crippen LogP contribution in [0.4, 0.5) is 5.69 Å². The second kappa shape index (κ2) is 5.15. The van der Waals surface area contributed by atoms with Crippen molar-refractivity contribution in [2.75, 3.05) is 0 Å². The van der Waals surface area contributed by atoms with E-state index in [-0.39, 0.29) is 0 Å². The zero-order valence-electron chi connectivity index (χ0n) is 8.40. The van der Waals surface area contributed by atoms with Crippen molar-refractivity contribution in [1.29, 1.82) is 0 Å². The summed E-state index contributed by atoms with van der Waals surface area (Å²) in [5.41, 5.74) is 1.84. The van der Waals surface area contributed by atoms with Crippen molar-refractivity contribution in [3.63, 3.8) is 0 Å². The molecule has 2 rings (SSSR count). The van der Waals surface area contributed by atoms with Gasteiger partial charge in [0.1, 0.15) is 0 Å². The fourth-order valence-electron chi connectivity index (χ4n) is 1.26. The van der Waals surface area contributed by atoms with Crippen LogP contribution in [0.2, 0.25) is 10.0 Å². The summed E-state index contributed by atoms with van der Waals surface area (Å²) in [7, 11) is 0. The predicted molar refractivity (Wildman–Crippen MR) is 70.2 cm³/mol. The maximum atomic E-state index is 5.87. The van der Waals surface area contributed by atoms with E-state index >= 15 is 0 Å². The molecule has 2 aromatic carbocycles. The highest BCUT2D eigenvalue weighted by atomic mass is 35.5. The van der Waals surface area contributed by atoms with Crippen LogP contribution in [-0.2, 0) is 0 Å². The van der Waals surface area contributed by atoms with Gasteiger partial charge in [-0.2, -0.15) is 0 Å². The number of halogens is 2. The molecular weight excluding hydrogens is 241 g/mol. The Balaban J connectivity index is 2.18. The molecule has 1 nitrogen and oxygen atoms in total. The second-order valence-corrected chi connectivity index (χ2v) is 4.16. The highest BCUT2D eigenvalue weighted by Gasteiger charge is 1.91. The van der Waals surface area contributed by atoms with Crippen LogP contribution >= 0.6 is 23.2 Å². The Bertz CT molecular complexity index is 504. The van der Waals surface area contributed by atoms with E-state index in [0.717, 1.165) is 11.3 Å². The first-order valence-corrected chi connectivity index (χ1v) is 5.55. The molecule has 3 heteroatoms. The highest BCUT2D eigenvalue weighted by Crippen LogP contribution is 2.16. The van der Waals surface area contributed by atoms with Gasteiger partial charge in [0.25, 0.3) is 0 Å². The van der Waals surface area contributed by atoms with Gasteiger partial charge in [0.2, 0.25) is 0 Å². The molecule has 0 heterocycles. The van der Waals surface area contributed by atoms with Crippen LogP contribution in [0, 0.1) is 0 Å².